The van der Waals surface area contributed by atoms with Gasteiger partial charge in [-0.2, -0.15) is 0 Å². The van der Waals surface area contributed by atoms with E-state index in [4.69, 9.17) is 5.11 Å². The minimum absolute atomic E-state index is 0.0330. The van der Waals surface area contributed by atoms with Crippen molar-refractivity contribution >= 4 is 22.9 Å². The normalized spacial score (nSPS) is 12.2. The first-order valence-corrected chi connectivity index (χ1v) is 6.16. The molecule has 0 saturated carbocycles. The smallest absolute Gasteiger partial charge is 0.326 e. The summed E-state index contributed by atoms with van der Waals surface area (Å²) in [6.45, 7) is 1.39. The van der Waals surface area contributed by atoms with Gasteiger partial charge in [0.05, 0.1) is 17.0 Å². The lowest BCUT2D eigenvalue weighted by atomic mass is 10.2. The van der Waals surface area contributed by atoms with E-state index >= 15 is 0 Å². The fraction of sp³-hybridized carbons (Fsp3) is 0.308. The summed E-state index contributed by atoms with van der Waals surface area (Å²) in [7, 11) is 0. The monoisotopic (exact) mass is 277 g/mol. The van der Waals surface area contributed by atoms with Gasteiger partial charge in [-0.3, -0.25) is 14.2 Å². The van der Waals surface area contributed by atoms with Gasteiger partial charge < -0.3 is 15.4 Å². The van der Waals surface area contributed by atoms with Gasteiger partial charge >= 0.3 is 11.7 Å². The molecule has 0 bridgehead atoms. The van der Waals surface area contributed by atoms with Crippen molar-refractivity contribution < 1.29 is 14.7 Å². The third-order valence-electron chi connectivity index (χ3n) is 3.01. The predicted molar refractivity (Wildman–Crippen MR) is 72.4 cm³/mol. The molecular weight excluding hydrogens is 262 g/mol. The summed E-state index contributed by atoms with van der Waals surface area (Å²) in [6, 6.07) is 7.05. The Morgan fingerprint density at radius 1 is 1.40 bits per heavy atom. The van der Waals surface area contributed by atoms with Crippen molar-refractivity contribution in [3.05, 3.63) is 34.7 Å². The molecule has 1 aromatic heterocycles. The topological polar surface area (TPSA) is 104 Å². The molecule has 0 aliphatic heterocycles. The molecule has 1 aromatic carbocycles. The van der Waals surface area contributed by atoms with Crippen LogP contribution in [0, 0.1) is 5.92 Å². The van der Waals surface area contributed by atoms with Crippen molar-refractivity contribution in [3.8, 4) is 0 Å². The molecule has 3 N–H and O–H groups in total. The van der Waals surface area contributed by atoms with Gasteiger partial charge in [0, 0.05) is 6.54 Å². The summed E-state index contributed by atoms with van der Waals surface area (Å²) in [5.74, 6) is -2.04. The fourth-order valence-corrected chi connectivity index (χ4v) is 1.82. The summed E-state index contributed by atoms with van der Waals surface area (Å²) in [5, 5.41) is 11.2. The van der Waals surface area contributed by atoms with E-state index in [-0.39, 0.29) is 18.8 Å². The van der Waals surface area contributed by atoms with E-state index < -0.39 is 17.8 Å². The van der Waals surface area contributed by atoms with Crippen LogP contribution in [0.5, 0.6) is 0 Å². The van der Waals surface area contributed by atoms with E-state index in [1.807, 2.05) is 0 Å². The van der Waals surface area contributed by atoms with E-state index in [9.17, 15) is 14.4 Å². The average molecular weight is 277 g/mol. The number of hydrogen-bond donors (Lipinski definition) is 3. The molecule has 2 rings (SSSR count). The predicted octanol–water partition coefficient (Wildman–Crippen LogP) is 0.166. The van der Waals surface area contributed by atoms with Crippen LogP contribution >= 0.6 is 0 Å². The quantitative estimate of drug-likeness (QED) is 0.724. The third kappa shape index (κ3) is 2.87. The zero-order valence-corrected chi connectivity index (χ0v) is 10.9. The number of aromatic amines is 1. The number of carboxylic acids is 1. The lowest BCUT2D eigenvalue weighted by molar-refractivity contribution is -0.141. The van der Waals surface area contributed by atoms with Crippen molar-refractivity contribution in [1.29, 1.82) is 0 Å². The van der Waals surface area contributed by atoms with E-state index in [0.29, 0.717) is 11.0 Å². The number of amides is 1. The number of carboxylic acid groups (broad SMARTS) is 1. The van der Waals surface area contributed by atoms with Crippen LogP contribution < -0.4 is 11.0 Å². The second-order valence-electron chi connectivity index (χ2n) is 4.58. The van der Waals surface area contributed by atoms with E-state index in [0.717, 1.165) is 0 Å². The number of H-pyrrole nitrogens is 1. The van der Waals surface area contributed by atoms with E-state index in [2.05, 4.69) is 10.3 Å². The molecule has 7 heteroatoms. The molecule has 1 unspecified atom stereocenters. The Kier molecular flexibility index (Phi) is 3.88. The second kappa shape index (κ2) is 5.60. The highest BCUT2D eigenvalue weighted by molar-refractivity contribution is 5.80. The maximum absolute atomic E-state index is 11.8. The van der Waals surface area contributed by atoms with Crippen LogP contribution in [0.1, 0.15) is 6.92 Å². The first kappa shape index (κ1) is 13.9. The Balaban J connectivity index is 2.09. The van der Waals surface area contributed by atoms with Crippen LogP contribution in [0.15, 0.2) is 29.1 Å². The fourth-order valence-electron chi connectivity index (χ4n) is 1.82. The molecule has 20 heavy (non-hydrogen) atoms. The van der Waals surface area contributed by atoms with Gasteiger partial charge in [0.25, 0.3) is 0 Å². The number of para-hydroxylation sites is 2. The van der Waals surface area contributed by atoms with Gasteiger partial charge in [-0.05, 0) is 12.1 Å². The van der Waals surface area contributed by atoms with Crippen LogP contribution in [0.3, 0.4) is 0 Å². The highest BCUT2D eigenvalue weighted by atomic mass is 16.4. The number of aliphatic carboxylic acids is 1. The number of fused-ring (bicyclic) bond motifs is 1. The minimum atomic E-state index is -0.977. The molecule has 0 radical (unpaired) electrons. The zero-order chi connectivity index (χ0) is 14.7. The van der Waals surface area contributed by atoms with Gasteiger partial charge in [-0.15, -0.1) is 0 Å². The summed E-state index contributed by atoms with van der Waals surface area (Å²) >= 11 is 0. The lowest BCUT2D eigenvalue weighted by Crippen LogP contribution is -2.35. The van der Waals surface area contributed by atoms with Gasteiger partial charge in [0.15, 0.2) is 0 Å². The Hall–Kier alpha value is -2.57. The number of carbonyl (C=O) groups is 2. The zero-order valence-electron chi connectivity index (χ0n) is 10.9. The van der Waals surface area contributed by atoms with Crippen molar-refractivity contribution in [3.63, 3.8) is 0 Å². The molecule has 0 aliphatic rings. The number of rotatable bonds is 5. The first-order chi connectivity index (χ1) is 9.49. The number of benzene rings is 1. The van der Waals surface area contributed by atoms with Crippen LogP contribution in [0.4, 0.5) is 0 Å². The lowest BCUT2D eigenvalue weighted by Gasteiger charge is -2.08. The largest absolute Gasteiger partial charge is 0.481 e. The molecule has 1 heterocycles. The number of nitrogens with one attached hydrogen (secondary N) is 2. The second-order valence-corrected chi connectivity index (χ2v) is 4.58. The number of imidazole rings is 1. The van der Waals surface area contributed by atoms with Gasteiger partial charge in [0.2, 0.25) is 5.91 Å². The van der Waals surface area contributed by atoms with Crippen LogP contribution in [-0.2, 0) is 16.1 Å². The van der Waals surface area contributed by atoms with Crippen molar-refractivity contribution in [2.75, 3.05) is 6.54 Å². The van der Waals surface area contributed by atoms with Gasteiger partial charge in [-0.25, -0.2) is 4.79 Å². The van der Waals surface area contributed by atoms with E-state index in [1.54, 1.807) is 24.3 Å². The molecule has 1 atom stereocenters. The van der Waals surface area contributed by atoms with Crippen molar-refractivity contribution in [2.24, 2.45) is 5.92 Å². The average Bonchev–Trinajstić information content (AvgIpc) is 2.72. The Bertz CT molecular complexity index is 701. The number of carbonyl (C=O) groups excluding carboxylic acids is 1. The molecule has 7 nitrogen and oxygen atoms in total. The van der Waals surface area contributed by atoms with Crippen LogP contribution in [-0.4, -0.2) is 33.1 Å². The van der Waals surface area contributed by atoms with Gasteiger partial charge in [0.1, 0.15) is 6.54 Å². The molecule has 1 amide bonds. The highest BCUT2D eigenvalue weighted by Gasteiger charge is 2.14. The summed E-state index contributed by atoms with van der Waals surface area (Å²) in [6.07, 6.45) is 0. The van der Waals surface area contributed by atoms with Crippen molar-refractivity contribution in [2.45, 2.75) is 13.5 Å². The molecular formula is C13H15N3O4. The molecule has 0 saturated heterocycles. The Morgan fingerprint density at radius 2 is 2.10 bits per heavy atom. The number of hydrogen-bond acceptors (Lipinski definition) is 3. The minimum Gasteiger partial charge on any atom is -0.481 e. The van der Waals surface area contributed by atoms with E-state index in [1.165, 1.54) is 11.5 Å². The summed E-state index contributed by atoms with van der Waals surface area (Å²) in [4.78, 5) is 36.8. The molecule has 106 valence electrons. The first-order valence-electron chi connectivity index (χ1n) is 6.16. The Labute approximate surface area is 114 Å². The molecule has 0 fully saturated rings. The maximum Gasteiger partial charge on any atom is 0.326 e. The number of aromatic nitrogens is 2. The SMILES string of the molecule is CC(CNC(=O)Cn1c(=O)[nH]c2ccccc21)C(=O)O. The standard InChI is InChI=1S/C13H15N3O4/c1-8(12(18)19)6-14-11(17)7-16-10-5-3-2-4-9(10)15-13(16)20/h2-5,8H,6-7H2,1H3,(H,14,17)(H,15,20)(H,18,19). The van der Waals surface area contributed by atoms with Crippen LogP contribution in [0.25, 0.3) is 11.0 Å². The Morgan fingerprint density at radius 3 is 2.80 bits per heavy atom. The number of nitrogens with zero attached hydrogens (tertiary/aromatic N) is 1. The molecule has 0 spiro atoms. The molecule has 0 aliphatic carbocycles. The summed E-state index contributed by atoms with van der Waals surface area (Å²) < 4.78 is 1.32. The highest BCUT2D eigenvalue weighted by Crippen LogP contribution is 2.08. The van der Waals surface area contributed by atoms with Crippen molar-refractivity contribution in [1.82, 2.24) is 14.9 Å². The third-order valence-corrected chi connectivity index (χ3v) is 3.01. The van der Waals surface area contributed by atoms with Gasteiger partial charge in [-0.1, -0.05) is 19.1 Å². The van der Waals surface area contributed by atoms with Crippen LogP contribution in [0.2, 0.25) is 0 Å². The molecule has 2 aromatic rings. The maximum atomic E-state index is 11.8. The summed E-state index contributed by atoms with van der Waals surface area (Å²) in [5.41, 5.74) is 0.927.